The van der Waals surface area contributed by atoms with Gasteiger partial charge in [-0.05, 0) is 13.3 Å². The van der Waals surface area contributed by atoms with Crippen molar-refractivity contribution >= 4 is 10.0 Å². The van der Waals surface area contributed by atoms with Crippen molar-refractivity contribution in [2.45, 2.75) is 31.6 Å². The van der Waals surface area contributed by atoms with Crippen LogP contribution in [0.1, 0.15) is 20.3 Å². The lowest BCUT2D eigenvalue weighted by atomic mass is 10.2. The Morgan fingerprint density at radius 1 is 1.62 bits per heavy atom. The Morgan fingerprint density at radius 3 is 2.54 bits per heavy atom. The zero-order chi connectivity index (χ0) is 10.5. The van der Waals surface area contributed by atoms with Crippen LogP contribution in [0.15, 0.2) is 0 Å². The zero-order valence-corrected chi connectivity index (χ0v) is 8.63. The van der Waals surface area contributed by atoms with Crippen LogP contribution in [0.4, 0.5) is 0 Å². The summed E-state index contributed by atoms with van der Waals surface area (Å²) in [6, 6.07) is 1.46. The van der Waals surface area contributed by atoms with Gasteiger partial charge in [-0.25, -0.2) is 13.1 Å². The predicted molar refractivity (Wildman–Crippen MR) is 50.3 cm³/mol. The Kier molecular flexibility index (Phi) is 4.91. The largest absolute Gasteiger partial charge is 0.327 e. The number of nitrogens with zero attached hydrogens (tertiary/aromatic N) is 1. The van der Waals surface area contributed by atoms with Gasteiger partial charge in [0.25, 0.3) is 0 Å². The predicted octanol–water partition coefficient (Wildman–Crippen LogP) is -0.445. The van der Waals surface area contributed by atoms with E-state index in [1.807, 2.05) is 6.92 Å². The highest BCUT2D eigenvalue weighted by Crippen LogP contribution is 1.96. The third-order valence-corrected chi connectivity index (χ3v) is 3.32. The van der Waals surface area contributed by atoms with Gasteiger partial charge in [0.2, 0.25) is 10.0 Å². The molecule has 0 fully saturated rings. The number of sulfonamides is 1. The first-order chi connectivity index (χ1) is 5.94. The van der Waals surface area contributed by atoms with Crippen molar-refractivity contribution in [1.29, 1.82) is 5.26 Å². The third kappa shape index (κ3) is 4.22. The van der Waals surface area contributed by atoms with Crippen LogP contribution >= 0.6 is 0 Å². The maximum Gasteiger partial charge on any atom is 0.227 e. The Labute approximate surface area is 79.0 Å². The lowest BCUT2D eigenvalue weighted by molar-refractivity contribution is 0.560. The Morgan fingerprint density at radius 2 is 2.15 bits per heavy atom. The number of nitrogens with two attached hydrogens (primary N) is 1. The number of hydrogen-bond acceptors (Lipinski definition) is 4. The first-order valence-electron chi connectivity index (χ1n) is 4.07. The molecule has 0 heterocycles. The first kappa shape index (κ1) is 12.4. The Bertz CT molecular complexity index is 281. The van der Waals surface area contributed by atoms with Gasteiger partial charge in [0.15, 0.2) is 5.25 Å². The fourth-order valence-electron chi connectivity index (χ4n) is 0.562. The van der Waals surface area contributed by atoms with Crippen LogP contribution in [-0.2, 0) is 10.0 Å². The van der Waals surface area contributed by atoms with Crippen molar-refractivity contribution in [2.75, 3.05) is 6.54 Å². The summed E-state index contributed by atoms with van der Waals surface area (Å²) in [6.45, 7) is 3.39. The summed E-state index contributed by atoms with van der Waals surface area (Å²) >= 11 is 0. The molecule has 0 amide bonds. The van der Waals surface area contributed by atoms with Crippen molar-refractivity contribution in [3.63, 3.8) is 0 Å². The molecular formula is C7H15N3O2S. The summed E-state index contributed by atoms with van der Waals surface area (Å²) in [6.07, 6.45) is 0.698. The fraction of sp³-hybridized carbons (Fsp3) is 0.857. The summed E-state index contributed by atoms with van der Waals surface area (Å²) in [5.74, 6) is 0. The van der Waals surface area contributed by atoms with Gasteiger partial charge in [0.05, 0.1) is 6.07 Å². The SMILES string of the molecule is CCC(N)CNS(=O)(=O)C(C)C#N. The van der Waals surface area contributed by atoms with Crippen molar-refractivity contribution in [3.8, 4) is 6.07 Å². The average Bonchev–Trinajstić information content (AvgIpc) is 2.12. The molecule has 0 aliphatic carbocycles. The van der Waals surface area contributed by atoms with E-state index in [2.05, 4.69) is 4.72 Å². The summed E-state index contributed by atoms with van der Waals surface area (Å²) in [5, 5.41) is 7.36. The summed E-state index contributed by atoms with van der Waals surface area (Å²) in [5.41, 5.74) is 5.51. The van der Waals surface area contributed by atoms with E-state index in [0.29, 0.717) is 6.42 Å². The van der Waals surface area contributed by atoms with E-state index >= 15 is 0 Å². The molecule has 0 radical (unpaired) electrons. The van der Waals surface area contributed by atoms with Gasteiger partial charge in [-0.15, -0.1) is 0 Å². The molecule has 6 heteroatoms. The van der Waals surface area contributed by atoms with Crippen molar-refractivity contribution in [3.05, 3.63) is 0 Å². The van der Waals surface area contributed by atoms with Crippen LogP contribution in [0.5, 0.6) is 0 Å². The van der Waals surface area contributed by atoms with E-state index in [9.17, 15) is 8.42 Å². The molecule has 5 nitrogen and oxygen atoms in total. The molecule has 0 aromatic rings. The highest BCUT2D eigenvalue weighted by Gasteiger charge is 2.19. The second kappa shape index (κ2) is 5.17. The van der Waals surface area contributed by atoms with E-state index in [1.165, 1.54) is 6.92 Å². The first-order valence-corrected chi connectivity index (χ1v) is 5.62. The highest BCUT2D eigenvalue weighted by atomic mass is 32.2. The zero-order valence-electron chi connectivity index (χ0n) is 7.82. The minimum Gasteiger partial charge on any atom is -0.327 e. The number of hydrogen-bond donors (Lipinski definition) is 2. The maximum atomic E-state index is 11.2. The molecule has 2 atom stereocenters. The quantitative estimate of drug-likeness (QED) is 0.635. The van der Waals surface area contributed by atoms with Crippen LogP contribution < -0.4 is 10.5 Å². The van der Waals surface area contributed by atoms with E-state index in [-0.39, 0.29) is 12.6 Å². The summed E-state index contributed by atoms with van der Waals surface area (Å²) in [4.78, 5) is 0. The second-order valence-corrected chi connectivity index (χ2v) is 4.92. The lowest BCUT2D eigenvalue weighted by Crippen LogP contribution is -2.40. The molecule has 0 aliphatic heterocycles. The molecule has 3 N–H and O–H groups in total. The summed E-state index contributed by atoms with van der Waals surface area (Å²) < 4.78 is 24.7. The van der Waals surface area contributed by atoms with E-state index in [0.717, 1.165) is 0 Å². The molecule has 0 aromatic carbocycles. The second-order valence-electron chi connectivity index (χ2n) is 2.83. The molecule has 0 saturated carbocycles. The van der Waals surface area contributed by atoms with Gasteiger partial charge in [0, 0.05) is 12.6 Å². The van der Waals surface area contributed by atoms with Crippen molar-refractivity contribution in [2.24, 2.45) is 5.73 Å². The van der Waals surface area contributed by atoms with Crippen molar-refractivity contribution < 1.29 is 8.42 Å². The van der Waals surface area contributed by atoms with E-state index < -0.39 is 15.3 Å². The number of nitriles is 1. The van der Waals surface area contributed by atoms with Crippen LogP contribution in [0.25, 0.3) is 0 Å². The highest BCUT2D eigenvalue weighted by molar-refractivity contribution is 7.90. The van der Waals surface area contributed by atoms with Crippen LogP contribution in [-0.4, -0.2) is 26.3 Å². The van der Waals surface area contributed by atoms with Crippen molar-refractivity contribution in [1.82, 2.24) is 4.72 Å². The molecule has 0 bridgehead atoms. The van der Waals surface area contributed by atoms with E-state index in [4.69, 9.17) is 11.0 Å². The molecule has 2 unspecified atom stereocenters. The van der Waals surface area contributed by atoms with Gasteiger partial charge in [-0.1, -0.05) is 6.92 Å². The lowest BCUT2D eigenvalue weighted by Gasteiger charge is -2.11. The van der Waals surface area contributed by atoms with Crippen LogP contribution in [0, 0.1) is 11.3 Å². The number of nitrogens with one attached hydrogen (secondary N) is 1. The fourth-order valence-corrected chi connectivity index (χ4v) is 1.40. The normalized spacial score (nSPS) is 16.2. The maximum absolute atomic E-state index is 11.2. The van der Waals surface area contributed by atoms with Gasteiger partial charge in [-0.3, -0.25) is 0 Å². The topological polar surface area (TPSA) is 96.0 Å². The molecule has 76 valence electrons. The minimum absolute atomic E-state index is 0.185. The molecule has 0 saturated heterocycles. The van der Waals surface area contributed by atoms with Crippen LogP contribution in [0.2, 0.25) is 0 Å². The molecule has 13 heavy (non-hydrogen) atoms. The molecular weight excluding hydrogens is 190 g/mol. The minimum atomic E-state index is -3.51. The monoisotopic (exact) mass is 205 g/mol. The van der Waals surface area contributed by atoms with E-state index in [1.54, 1.807) is 6.07 Å². The summed E-state index contributed by atoms with van der Waals surface area (Å²) in [7, 11) is -3.51. The Hall–Kier alpha value is -0.640. The molecule has 0 spiro atoms. The Balaban J connectivity index is 4.14. The van der Waals surface area contributed by atoms with Crippen LogP contribution in [0.3, 0.4) is 0 Å². The third-order valence-electron chi connectivity index (χ3n) is 1.72. The average molecular weight is 205 g/mol. The van der Waals surface area contributed by atoms with Gasteiger partial charge < -0.3 is 5.73 Å². The van der Waals surface area contributed by atoms with Gasteiger partial charge in [0.1, 0.15) is 0 Å². The number of rotatable bonds is 5. The standard InChI is InChI=1S/C7H15N3O2S/c1-3-7(9)5-10-13(11,12)6(2)4-8/h6-7,10H,3,5,9H2,1-2H3. The smallest absolute Gasteiger partial charge is 0.227 e. The molecule has 0 aromatic heterocycles. The van der Waals surface area contributed by atoms with Gasteiger partial charge in [-0.2, -0.15) is 5.26 Å². The molecule has 0 rings (SSSR count). The molecule has 0 aliphatic rings. The van der Waals surface area contributed by atoms with Gasteiger partial charge >= 0.3 is 0 Å².